The second-order valence-corrected chi connectivity index (χ2v) is 5.13. The van der Waals surface area contributed by atoms with Gasteiger partial charge in [-0.2, -0.15) is 21.6 Å². The molecule has 0 saturated heterocycles. The van der Waals surface area contributed by atoms with E-state index < -0.39 is 22.7 Å². The summed E-state index contributed by atoms with van der Waals surface area (Å²) in [5, 5.41) is 0. The van der Waals surface area contributed by atoms with Crippen molar-refractivity contribution in [1.29, 1.82) is 0 Å². The number of aryl methyl sites for hydroxylation is 1. The summed E-state index contributed by atoms with van der Waals surface area (Å²) in [5.74, 6) is 0. The zero-order valence-corrected chi connectivity index (χ0v) is 10.3. The van der Waals surface area contributed by atoms with Gasteiger partial charge in [-0.05, 0) is 25.1 Å². The van der Waals surface area contributed by atoms with Gasteiger partial charge in [-0.15, -0.1) is 0 Å². The molecule has 0 saturated carbocycles. The molecule has 0 atom stereocenters. The number of alkyl halides is 3. The maximum atomic E-state index is 11.8. The first kappa shape index (κ1) is 14.6. The maximum Gasteiger partial charge on any atom is 0.392 e. The molecule has 0 aliphatic carbocycles. The Balaban J connectivity index is 2.69. The SMILES string of the molecule is Cc1ccc(S(=O)(=O)O/C=C\CC(F)(F)F)cc1. The minimum absolute atomic E-state index is 0.107. The van der Waals surface area contributed by atoms with Gasteiger partial charge in [0.2, 0.25) is 0 Å². The fourth-order valence-electron chi connectivity index (χ4n) is 1.05. The number of halogens is 3. The van der Waals surface area contributed by atoms with Gasteiger partial charge in [0.15, 0.2) is 0 Å². The van der Waals surface area contributed by atoms with Crippen molar-refractivity contribution in [3.8, 4) is 0 Å². The summed E-state index contributed by atoms with van der Waals surface area (Å²) in [4.78, 5) is -0.107. The fraction of sp³-hybridized carbons (Fsp3) is 0.273. The van der Waals surface area contributed by atoms with Gasteiger partial charge in [0.05, 0.1) is 6.42 Å². The molecule has 0 spiro atoms. The monoisotopic (exact) mass is 280 g/mol. The summed E-state index contributed by atoms with van der Waals surface area (Å²) in [6, 6.07) is 5.77. The lowest BCUT2D eigenvalue weighted by Gasteiger charge is -2.04. The summed E-state index contributed by atoms with van der Waals surface area (Å²) in [6.45, 7) is 1.78. The molecule has 0 aliphatic heterocycles. The van der Waals surface area contributed by atoms with Crippen LogP contribution in [0.25, 0.3) is 0 Å². The average molecular weight is 280 g/mol. The number of rotatable bonds is 4. The van der Waals surface area contributed by atoms with Gasteiger partial charge in [-0.3, -0.25) is 0 Å². The molecule has 0 fully saturated rings. The third kappa shape index (κ3) is 4.79. The van der Waals surface area contributed by atoms with Crippen molar-refractivity contribution < 1.29 is 25.8 Å². The first-order valence-corrected chi connectivity index (χ1v) is 6.33. The zero-order chi connectivity index (χ0) is 13.8. The van der Waals surface area contributed by atoms with Gasteiger partial charge in [0.25, 0.3) is 0 Å². The van der Waals surface area contributed by atoms with Gasteiger partial charge in [-0.25, -0.2) is 0 Å². The van der Waals surface area contributed by atoms with Gasteiger partial charge in [0.1, 0.15) is 11.2 Å². The Morgan fingerprint density at radius 1 is 1.22 bits per heavy atom. The maximum absolute atomic E-state index is 11.8. The van der Waals surface area contributed by atoms with Crippen LogP contribution in [0, 0.1) is 6.92 Å². The van der Waals surface area contributed by atoms with E-state index >= 15 is 0 Å². The van der Waals surface area contributed by atoms with Gasteiger partial charge >= 0.3 is 16.3 Å². The van der Waals surface area contributed by atoms with Crippen molar-refractivity contribution in [2.45, 2.75) is 24.4 Å². The van der Waals surface area contributed by atoms with Gasteiger partial charge in [0, 0.05) is 0 Å². The lowest BCUT2D eigenvalue weighted by atomic mass is 10.2. The molecule has 0 aliphatic rings. The molecular formula is C11H11F3O3S. The topological polar surface area (TPSA) is 43.4 Å². The van der Waals surface area contributed by atoms with Crippen LogP contribution in [0.5, 0.6) is 0 Å². The molecule has 7 heteroatoms. The van der Waals surface area contributed by atoms with E-state index in [9.17, 15) is 21.6 Å². The number of hydrogen-bond acceptors (Lipinski definition) is 3. The molecule has 0 unspecified atom stereocenters. The fourth-order valence-corrected chi connectivity index (χ4v) is 1.86. The Labute approximate surface area is 103 Å². The van der Waals surface area contributed by atoms with E-state index in [0.29, 0.717) is 12.3 Å². The lowest BCUT2D eigenvalue weighted by Crippen LogP contribution is -2.05. The largest absolute Gasteiger partial charge is 0.392 e. The molecular weight excluding hydrogens is 269 g/mol. The molecule has 0 amide bonds. The molecule has 0 bridgehead atoms. The predicted octanol–water partition coefficient (Wildman–Crippen LogP) is 3.17. The van der Waals surface area contributed by atoms with Crippen LogP contribution < -0.4 is 0 Å². The van der Waals surface area contributed by atoms with Crippen LogP contribution in [0.1, 0.15) is 12.0 Å². The van der Waals surface area contributed by atoms with Crippen molar-refractivity contribution in [3.63, 3.8) is 0 Å². The van der Waals surface area contributed by atoms with Gasteiger partial charge < -0.3 is 4.18 Å². The quantitative estimate of drug-likeness (QED) is 0.628. The van der Waals surface area contributed by atoms with Crippen molar-refractivity contribution in [2.75, 3.05) is 0 Å². The normalized spacial score (nSPS) is 12.9. The summed E-state index contributed by atoms with van der Waals surface area (Å²) in [5.41, 5.74) is 0.863. The molecule has 1 rings (SSSR count). The molecule has 0 aromatic heterocycles. The molecule has 1 aromatic rings. The summed E-state index contributed by atoms with van der Waals surface area (Å²) in [7, 11) is -4.05. The van der Waals surface area contributed by atoms with E-state index in [1.165, 1.54) is 12.1 Å². The first-order valence-electron chi connectivity index (χ1n) is 4.92. The molecule has 100 valence electrons. The highest BCUT2D eigenvalue weighted by atomic mass is 32.2. The van der Waals surface area contributed by atoms with E-state index in [1.807, 2.05) is 0 Å². The number of hydrogen-bond donors (Lipinski definition) is 0. The van der Waals surface area contributed by atoms with Gasteiger partial charge in [-0.1, -0.05) is 17.7 Å². The zero-order valence-electron chi connectivity index (χ0n) is 9.44. The third-order valence-electron chi connectivity index (χ3n) is 1.94. The van der Waals surface area contributed by atoms with E-state index in [2.05, 4.69) is 4.18 Å². The van der Waals surface area contributed by atoms with Crippen LogP contribution >= 0.6 is 0 Å². The van der Waals surface area contributed by atoms with Crippen LogP contribution in [-0.2, 0) is 14.3 Å². The Bertz CT molecular complexity index is 515. The smallest absolute Gasteiger partial charge is 0.387 e. The highest BCUT2D eigenvalue weighted by Gasteiger charge is 2.25. The van der Waals surface area contributed by atoms with Crippen molar-refractivity contribution in [3.05, 3.63) is 42.2 Å². The van der Waals surface area contributed by atoms with Crippen LogP contribution in [0.3, 0.4) is 0 Å². The first-order chi connectivity index (χ1) is 8.21. The molecule has 1 aromatic carbocycles. The Kier molecular flexibility index (Phi) is 4.39. The highest BCUT2D eigenvalue weighted by Crippen LogP contribution is 2.20. The summed E-state index contributed by atoms with van der Waals surface area (Å²) < 4.78 is 62.7. The highest BCUT2D eigenvalue weighted by molar-refractivity contribution is 7.86. The molecule has 18 heavy (non-hydrogen) atoms. The Hall–Kier alpha value is -1.50. The predicted molar refractivity (Wildman–Crippen MR) is 59.3 cm³/mol. The van der Waals surface area contributed by atoms with Crippen LogP contribution in [0.15, 0.2) is 41.5 Å². The van der Waals surface area contributed by atoms with Crippen LogP contribution in [0.4, 0.5) is 13.2 Å². The van der Waals surface area contributed by atoms with Crippen molar-refractivity contribution >= 4 is 10.1 Å². The average Bonchev–Trinajstić information content (AvgIpc) is 2.24. The second-order valence-electron chi connectivity index (χ2n) is 3.55. The Morgan fingerprint density at radius 2 is 1.78 bits per heavy atom. The standard InChI is InChI=1S/C11H11F3O3S/c1-9-3-5-10(6-4-9)18(15,16)17-8-2-7-11(12,13)14/h2-6,8H,7H2,1H3/b8-2-. The lowest BCUT2D eigenvalue weighted by molar-refractivity contribution is -0.125. The molecule has 0 N–H and O–H groups in total. The van der Waals surface area contributed by atoms with Crippen LogP contribution in [0.2, 0.25) is 0 Å². The molecule has 0 radical (unpaired) electrons. The third-order valence-corrected chi connectivity index (χ3v) is 3.15. The summed E-state index contributed by atoms with van der Waals surface area (Å²) >= 11 is 0. The van der Waals surface area contributed by atoms with E-state index in [-0.39, 0.29) is 4.90 Å². The Morgan fingerprint density at radius 3 is 2.28 bits per heavy atom. The summed E-state index contributed by atoms with van der Waals surface area (Å²) in [6.07, 6.45) is -4.49. The molecule has 3 nitrogen and oxygen atoms in total. The van der Waals surface area contributed by atoms with Crippen LogP contribution in [-0.4, -0.2) is 14.6 Å². The minimum Gasteiger partial charge on any atom is -0.387 e. The minimum atomic E-state index is -4.38. The van der Waals surface area contributed by atoms with Crippen molar-refractivity contribution in [2.24, 2.45) is 0 Å². The van der Waals surface area contributed by atoms with E-state index in [4.69, 9.17) is 0 Å². The van der Waals surface area contributed by atoms with E-state index in [0.717, 1.165) is 5.56 Å². The van der Waals surface area contributed by atoms with E-state index in [1.54, 1.807) is 19.1 Å². The number of benzene rings is 1. The van der Waals surface area contributed by atoms with Crippen molar-refractivity contribution in [1.82, 2.24) is 0 Å². The second kappa shape index (κ2) is 5.43. The number of allylic oxidation sites excluding steroid dienone is 1. The molecule has 0 heterocycles.